The van der Waals surface area contributed by atoms with Crippen LogP contribution in [0, 0.1) is 0 Å². The minimum absolute atomic E-state index is 0.126. The Morgan fingerprint density at radius 1 is 1.12 bits per heavy atom. The zero-order chi connectivity index (χ0) is 16.5. The second-order valence-electron chi connectivity index (χ2n) is 4.82. The molecule has 0 fully saturated rings. The second-order valence-corrected chi connectivity index (χ2v) is 9.54. The average molecular weight is 393 g/mol. The molecule has 1 aromatic carbocycles. The van der Waals surface area contributed by atoms with E-state index < -0.39 is 0 Å². The molecule has 122 valence electrons. The van der Waals surface area contributed by atoms with Crippen molar-refractivity contribution in [1.29, 1.82) is 0 Å². The fourth-order valence-corrected chi connectivity index (χ4v) is 5.96. The van der Waals surface area contributed by atoms with E-state index >= 15 is 0 Å². The van der Waals surface area contributed by atoms with E-state index in [0.717, 1.165) is 25.6 Å². The molecule has 0 aliphatic heterocycles. The summed E-state index contributed by atoms with van der Waals surface area (Å²) in [6, 6.07) is 9.64. The van der Waals surface area contributed by atoms with Crippen LogP contribution in [0.4, 0.5) is 0 Å². The van der Waals surface area contributed by atoms with Gasteiger partial charge in [0.25, 0.3) is 5.56 Å². The largest absolute Gasteiger partial charge is 0.275 e. The molecule has 3 heterocycles. The maximum Gasteiger partial charge on any atom is 0.275 e. The van der Waals surface area contributed by atoms with Gasteiger partial charge < -0.3 is 0 Å². The van der Waals surface area contributed by atoms with Gasteiger partial charge in [-0.05, 0) is 17.9 Å². The van der Waals surface area contributed by atoms with E-state index in [4.69, 9.17) is 0 Å². The maximum atomic E-state index is 12.2. The lowest BCUT2D eigenvalue weighted by Gasteiger charge is -1.97. The van der Waals surface area contributed by atoms with E-state index in [9.17, 15) is 4.79 Å². The lowest BCUT2D eigenvalue weighted by atomic mass is 10.3. The molecular weight excluding hydrogens is 380 g/mol. The number of hydrogen-bond acceptors (Lipinski definition) is 8. The average Bonchev–Trinajstić information content (AvgIpc) is 3.16. The van der Waals surface area contributed by atoms with Crippen LogP contribution >= 0.6 is 46.2 Å². The van der Waals surface area contributed by atoms with E-state index in [-0.39, 0.29) is 5.56 Å². The number of fused-ring (bicyclic) bond motifs is 2. The van der Waals surface area contributed by atoms with Crippen LogP contribution in [0.5, 0.6) is 0 Å². The molecule has 0 radical (unpaired) electrons. The zero-order valence-electron chi connectivity index (χ0n) is 12.6. The second kappa shape index (κ2) is 6.83. The maximum absolute atomic E-state index is 12.2. The van der Waals surface area contributed by atoms with Crippen LogP contribution in [0.25, 0.3) is 15.2 Å². The molecule has 4 aromatic rings. The number of aromatic nitrogens is 4. The van der Waals surface area contributed by atoms with Crippen LogP contribution in [0.1, 0.15) is 12.6 Å². The highest BCUT2D eigenvalue weighted by atomic mass is 32.2. The third kappa shape index (κ3) is 3.21. The van der Waals surface area contributed by atoms with Crippen molar-refractivity contribution in [2.75, 3.05) is 5.75 Å². The Morgan fingerprint density at radius 2 is 2.00 bits per heavy atom. The Balaban J connectivity index is 1.58. The third-order valence-electron chi connectivity index (χ3n) is 3.17. The van der Waals surface area contributed by atoms with Gasteiger partial charge in [0.2, 0.25) is 4.96 Å². The van der Waals surface area contributed by atoms with Crippen molar-refractivity contribution in [3.05, 3.63) is 46.4 Å². The SMILES string of the molecule is CCSc1nn2c(=O)cc(CSc3nc4ccccc4s3)nc2s1. The lowest BCUT2D eigenvalue weighted by molar-refractivity contribution is 0.850. The fourth-order valence-electron chi connectivity index (χ4n) is 2.14. The molecule has 5 nitrogen and oxygen atoms in total. The normalized spacial score (nSPS) is 11.5. The van der Waals surface area contributed by atoms with Gasteiger partial charge in [-0.25, -0.2) is 9.97 Å². The van der Waals surface area contributed by atoms with Gasteiger partial charge in [0.05, 0.1) is 15.9 Å². The van der Waals surface area contributed by atoms with Crippen molar-refractivity contribution in [3.8, 4) is 0 Å². The Kier molecular flexibility index (Phi) is 4.57. The lowest BCUT2D eigenvalue weighted by Crippen LogP contribution is -2.15. The molecule has 0 saturated carbocycles. The summed E-state index contributed by atoms with van der Waals surface area (Å²) in [5, 5.41) is 4.30. The predicted molar refractivity (Wildman–Crippen MR) is 103 cm³/mol. The van der Waals surface area contributed by atoms with Crippen LogP contribution in [0.2, 0.25) is 0 Å². The van der Waals surface area contributed by atoms with Crippen LogP contribution in [-0.2, 0) is 5.75 Å². The minimum Gasteiger partial charge on any atom is -0.267 e. The molecule has 0 spiro atoms. The van der Waals surface area contributed by atoms with Crippen LogP contribution in [-0.4, -0.2) is 25.3 Å². The zero-order valence-corrected chi connectivity index (χ0v) is 15.9. The van der Waals surface area contributed by atoms with E-state index in [0.29, 0.717) is 10.7 Å². The van der Waals surface area contributed by atoms with Gasteiger partial charge in [-0.3, -0.25) is 4.79 Å². The molecule has 0 unspecified atom stereocenters. The fraction of sp³-hybridized carbons (Fsp3) is 0.200. The van der Waals surface area contributed by atoms with E-state index in [1.165, 1.54) is 20.6 Å². The Morgan fingerprint density at radius 3 is 2.83 bits per heavy atom. The number of thiazole rings is 1. The molecule has 0 bridgehead atoms. The highest BCUT2D eigenvalue weighted by molar-refractivity contribution is 8.01. The van der Waals surface area contributed by atoms with Gasteiger partial charge >= 0.3 is 0 Å². The summed E-state index contributed by atoms with van der Waals surface area (Å²) in [4.78, 5) is 22.0. The predicted octanol–water partition coefficient (Wildman–Crippen LogP) is 4.17. The molecule has 0 atom stereocenters. The van der Waals surface area contributed by atoms with Gasteiger partial charge in [-0.15, -0.1) is 16.4 Å². The van der Waals surface area contributed by atoms with Gasteiger partial charge in [-0.1, -0.05) is 53.9 Å². The molecule has 0 aliphatic rings. The molecule has 0 saturated heterocycles. The van der Waals surface area contributed by atoms with Crippen molar-refractivity contribution in [1.82, 2.24) is 19.6 Å². The summed E-state index contributed by atoms with van der Waals surface area (Å²) in [5.74, 6) is 1.55. The summed E-state index contributed by atoms with van der Waals surface area (Å²) in [6.07, 6.45) is 0. The van der Waals surface area contributed by atoms with E-state index in [2.05, 4.69) is 28.1 Å². The smallest absolute Gasteiger partial charge is 0.267 e. The number of hydrogen-bond donors (Lipinski definition) is 0. The number of nitrogens with zero attached hydrogens (tertiary/aromatic N) is 4. The Bertz CT molecular complexity index is 1040. The quantitative estimate of drug-likeness (QED) is 0.475. The van der Waals surface area contributed by atoms with Crippen molar-refractivity contribution < 1.29 is 0 Å². The minimum atomic E-state index is -0.126. The number of benzene rings is 1. The van der Waals surface area contributed by atoms with E-state index in [1.54, 1.807) is 40.9 Å². The van der Waals surface area contributed by atoms with Gasteiger partial charge in [0.1, 0.15) is 0 Å². The summed E-state index contributed by atoms with van der Waals surface area (Å²) in [5.41, 5.74) is 1.65. The topological polar surface area (TPSA) is 60.2 Å². The monoisotopic (exact) mass is 392 g/mol. The molecule has 4 rings (SSSR count). The molecule has 3 aromatic heterocycles. The molecule has 9 heteroatoms. The van der Waals surface area contributed by atoms with Gasteiger partial charge in [0, 0.05) is 11.8 Å². The van der Waals surface area contributed by atoms with Crippen molar-refractivity contribution >= 4 is 61.4 Å². The Labute approximate surface area is 154 Å². The van der Waals surface area contributed by atoms with E-state index in [1.807, 2.05) is 18.2 Å². The van der Waals surface area contributed by atoms with Crippen LogP contribution < -0.4 is 5.56 Å². The van der Waals surface area contributed by atoms with Crippen molar-refractivity contribution in [2.24, 2.45) is 0 Å². The summed E-state index contributed by atoms with van der Waals surface area (Å²) in [7, 11) is 0. The van der Waals surface area contributed by atoms with Crippen LogP contribution in [0.15, 0.2) is 43.8 Å². The third-order valence-corrected chi connectivity index (χ3v) is 7.30. The van der Waals surface area contributed by atoms with Crippen LogP contribution in [0.3, 0.4) is 0 Å². The summed E-state index contributed by atoms with van der Waals surface area (Å²) < 4.78 is 4.42. The van der Waals surface area contributed by atoms with Crippen molar-refractivity contribution in [3.63, 3.8) is 0 Å². The molecular formula is C15H12N4OS4. The number of rotatable bonds is 5. The first-order valence-electron chi connectivity index (χ1n) is 7.24. The molecule has 24 heavy (non-hydrogen) atoms. The summed E-state index contributed by atoms with van der Waals surface area (Å²) >= 11 is 6.35. The Hall–Kier alpha value is -1.42. The van der Waals surface area contributed by atoms with Crippen molar-refractivity contribution in [2.45, 2.75) is 21.4 Å². The molecule has 0 aliphatic carbocycles. The number of para-hydroxylation sites is 1. The molecule has 0 N–H and O–H groups in total. The highest BCUT2D eigenvalue weighted by Gasteiger charge is 2.10. The molecule has 0 amide bonds. The summed E-state index contributed by atoms with van der Waals surface area (Å²) in [6.45, 7) is 2.06. The first-order chi connectivity index (χ1) is 11.7. The highest BCUT2D eigenvalue weighted by Crippen LogP contribution is 2.31. The standard InChI is InChI=1S/C15H12N4OS4/c1-2-21-15-18-19-12(20)7-9(16-13(19)24-15)8-22-14-17-10-5-3-4-6-11(10)23-14/h3-7H,2,8H2,1H3. The first kappa shape index (κ1) is 16.1. The number of thioether (sulfide) groups is 2. The van der Waals surface area contributed by atoms with Gasteiger partial charge in [0.15, 0.2) is 8.68 Å². The first-order valence-corrected chi connectivity index (χ1v) is 10.8. The van der Waals surface area contributed by atoms with Gasteiger partial charge in [-0.2, -0.15) is 4.52 Å².